The number of aliphatic hydroxyl groups is 1. The first-order valence-electron chi connectivity index (χ1n) is 6.66. The number of hydrogen-bond donors (Lipinski definition) is 1. The fraction of sp³-hybridized carbons (Fsp3) is 0.312. The molecule has 0 spiro atoms. The summed E-state index contributed by atoms with van der Waals surface area (Å²) in [4.78, 5) is 5.60. The molecule has 0 radical (unpaired) electrons. The molecule has 3 rings (SSSR count). The van der Waals surface area contributed by atoms with E-state index in [-0.39, 0.29) is 0 Å². The van der Waals surface area contributed by atoms with Crippen molar-refractivity contribution in [1.82, 2.24) is 4.98 Å². The zero-order valence-electron chi connectivity index (χ0n) is 11.0. The summed E-state index contributed by atoms with van der Waals surface area (Å²) in [6, 6.07) is 10.5. The smallest absolute Gasteiger partial charge is 0.106 e. The van der Waals surface area contributed by atoms with Gasteiger partial charge in [0, 0.05) is 16.7 Å². The van der Waals surface area contributed by atoms with Gasteiger partial charge >= 0.3 is 0 Å². The molecule has 0 fully saturated rings. The Labute approximate surface area is 117 Å². The molecule has 2 nitrogen and oxygen atoms in total. The Hall–Kier alpha value is -1.32. The van der Waals surface area contributed by atoms with Crippen LogP contribution in [0.4, 0.5) is 0 Å². The lowest BCUT2D eigenvalue weighted by molar-refractivity contribution is 0.195. The highest BCUT2D eigenvalue weighted by Crippen LogP contribution is 2.34. The Morgan fingerprint density at radius 2 is 2.05 bits per heavy atom. The molecule has 1 N–H and O–H groups in total. The zero-order valence-corrected chi connectivity index (χ0v) is 11.8. The van der Waals surface area contributed by atoms with E-state index in [9.17, 15) is 5.11 Å². The summed E-state index contributed by atoms with van der Waals surface area (Å²) in [6.45, 7) is 1.78. The lowest BCUT2D eigenvalue weighted by atomic mass is 10.1. The molecule has 19 heavy (non-hydrogen) atoms. The third kappa shape index (κ3) is 2.67. The maximum absolute atomic E-state index is 9.78. The molecule has 2 aromatic rings. The van der Waals surface area contributed by atoms with E-state index in [1.54, 1.807) is 24.9 Å². The van der Waals surface area contributed by atoms with Crippen LogP contribution in [0.1, 0.15) is 36.1 Å². The molecule has 1 heterocycles. The topological polar surface area (TPSA) is 33.1 Å². The molecule has 0 saturated carbocycles. The fourth-order valence-corrected chi connectivity index (χ4v) is 3.56. The summed E-state index contributed by atoms with van der Waals surface area (Å²) in [5.41, 5.74) is 3.86. The highest BCUT2D eigenvalue weighted by molar-refractivity contribution is 7.99. The quantitative estimate of drug-likeness (QED) is 0.922. The first kappa shape index (κ1) is 12.7. The van der Waals surface area contributed by atoms with Crippen LogP contribution in [0.15, 0.2) is 46.5 Å². The highest BCUT2D eigenvalue weighted by Gasteiger charge is 2.13. The molecule has 0 aliphatic heterocycles. The van der Waals surface area contributed by atoms with Crippen molar-refractivity contribution in [3.05, 3.63) is 53.2 Å². The van der Waals surface area contributed by atoms with Crippen LogP contribution < -0.4 is 0 Å². The van der Waals surface area contributed by atoms with E-state index in [2.05, 4.69) is 23.2 Å². The van der Waals surface area contributed by atoms with Gasteiger partial charge in [0.1, 0.15) is 5.03 Å². The van der Waals surface area contributed by atoms with E-state index >= 15 is 0 Å². The van der Waals surface area contributed by atoms with Crippen molar-refractivity contribution in [3.8, 4) is 0 Å². The lowest BCUT2D eigenvalue weighted by Crippen LogP contribution is -1.96. The molecule has 1 aliphatic carbocycles. The maximum atomic E-state index is 9.78. The molecule has 0 amide bonds. The molecule has 0 saturated heterocycles. The average Bonchev–Trinajstić information content (AvgIpc) is 2.86. The summed E-state index contributed by atoms with van der Waals surface area (Å²) in [5, 5.41) is 10.7. The van der Waals surface area contributed by atoms with Gasteiger partial charge in [-0.2, -0.15) is 0 Å². The van der Waals surface area contributed by atoms with E-state index in [1.807, 2.05) is 12.1 Å². The molecule has 1 aromatic carbocycles. The first-order valence-corrected chi connectivity index (χ1v) is 7.48. The van der Waals surface area contributed by atoms with Crippen molar-refractivity contribution in [1.29, 1.82) is 0 Å². The summed E-state index contributed by atoms with van der Waals surface area (Å²) >= 11 is 1.64. The van der Waals surface area contributed by atoms with Crippen LogP contribution in [0.25, 0.3) is 0 Å². The Morgan fingerprint density at radius 3 is 2.89 bits per heavy atom. The number of pyridine rings is 1. The number of benzene rings is 1. The Bertz CT molecular complexity index is 595. The second-order valence-electron chi connectivity index (χ2n) is 4.96. The van der Waals surface area contributed by atoms with Crippen molar-refractivity contribution in [2.24, 2.45) is 0 Å². The van der Waals surface area contributed by atoms with Gasteiger partial charge < -0.3 is 5.11 Å². The van der Waals surface area contributed by atoms with Gasteiger partial charge in [-0.05, 0) is 55.5 Å². The van der Waals surface area contributed by atoms with E-state index < -0.39 is 6.10 Å². The highest BCUT2D eigenvalue weighted by atomic mass is 32.2. The summed E-state index contributed by atoms with van der Waals surface area (Å²) in [5.74, 6) is 0. The number of rotatable bonds is 3. The second-order valence-corrected chi connectivity index (χ2v) is 6.02. The summed E-state index contributed by atoms with van der Waals surface area (Å²) in [7, 11) is 0. The minimum Gasteiger partial charge on any atom is -0.389 e. The summed E-state index contributed by atoms with van der Waals surface area (Å²) in [6.07, 6.45) is 4.97. The van der Waals surface area contributed by atoms with Gasteiger partial charge in [-0.15, -0.1) is 0 Å². The van der Waals surface area contributed by atoms with Crippen molar-refractivity contribution >= 4 is 11.8 Å². The van der Waals surface area contributed by atoms with Crippen LogP contribution in [0.5, 0.6) is 0 Å². The molecule has 98 valence electrons. The molecule has 1 aromatic heterocycles. The van der Waals surface area contributed by atoms with Gasteiger partial charge in [0.2, 0.25) is 0 Å². The van der Waals surface area contributed by atoms with E-state index in [0.29, 0.717) is 0 Å². The molecular weight excluding hydrogens is 254 g/mol. The average molecular weight is 271 g/mol. The third-order valence-corrected chi connectivity index (χ3v) is 4.56. The number of aromatic nitrogens is 1. The minimum atomic E-state index is -0.481. The monoisotopic (exact) mass is 271 g/mol. The fourth-order valence-electron chi connectivity index (χ4n) is 2.53. The van der Waals surface area contributed by atoms with Crippen LogP contribution in [0, 0.1) is 0 Å². The number of nitrogens with zero attached hydrogens (tertiary/aromatic N) is 1. The number of hydrogen-bond acceptors (Lipinski definition) is 3. The summed E-state index contributed by atoms with van der Waals surface area (Å²) < 4.78 is 0. The van der Waals surface area contributed by atoms with Crippen LogP contribution in [-0.2, 0) is 12.8 Å². The molecular formula is C16H17NOS. The van der Waals surface area contributed by atoms with Crippen molar-refractivity contribution in [2.75, 3.05) is 0 Å². The van der Waals surface area contributed by atoms with Crippen LogP contribution in [0.2, 0.25) is 0 Å². The van der Waals surface area contributed by atoms with Crippen molar-refractivity contribution < 1.29 is 5.11 Å². The van der Waals surface area contributed by atoms with Gasteiger partial charge in [-0.3, -0.25) is 0 Å². The van der Waals surface area contributed by atoms with Gasteiger partial charge in [-0.25, -0.2) is 4.98 Å². The molecule has 1 atom stereocenters. The Balaban J connectivity index is 1.89. The van der Waals surface area contributed by atoms with Crippen LogP contribution in [0.3, 0.4) is 0 Å². The molecule has 1 aliphatic rings. The van der Waals surface area contributed by atoms with E-state index in [0.717, 1.165) is 10.6 Å². The predicted molar refractivity (Wildman–Crippen MR) is 77.5 cm³/mol. The van der Waals surface area contributed by atoms with Gasteiger partial charge in [0.05, 0.1) is 6.10 Å². The minimum absolute atomic E-state index is 0.481. The Kier molecular flexibility index (Phi) is 3.58. The van der Waals surface area contributed by atoms with E-state index in [4.69, 9.17) is 0 Å². The number of aryl methyl sites for hydroxylation is 2. The van der Waals surface area contributed by atoms with E-state index in [1.165, 1.54) is 35.3 Å². The van der Waals surface area contributed by atoms with Crippen molar-refractivity contribution in [2.45, 2.75) is 42.2 Å². The largest absolute Gasteiger partial charge is 0.389 e. The lowest BCUT2D eigenvalue weighted by Gasteiger charge is -2.10. The van der Waals surface area contributed by atoms with Crippen molar-refractivity contribution in [3.63, 3.8) is 0 Å². The zero-order chi connectivity index (χ0) is 13.2. The molecule has 3 heteroatoms. The van der Waals surface area contributed by atoms with Gasteiger partial charge in [0.15, 0.2) is 0 Å². The third-order valence-electron chi connectivity index (χ3n) is 3.54. The molecule has 1 unspecified atom stereocenters. The number of aliphatic hydroxyl groups excluding tert-OH is 1. The van der Waals surface area contributed by atoms with Crippen LogP contribution in [-0.4, -0.2) is 10.1 Å². The standard InChI is InChI=1S/C16H17NOS/c1-11(18)15-6-3-9-17-16(15)19-14-8-7-12-4-2-5-13(12)10-14/h3,6-11,18H,2,4-5H2,1H3. The first-order chi connectivity index (χ1) is 9.24. The second kappa shape index (κ2) is 5.35. The maximum Gasteiger partial charge on any atom is 0.106 e. The molecule has 0 bridgehead atoms. The normalized spacial score (nSPS) is 15.3. The predicted octanol–water partition coefficient (Wildman–Crippen LogP) is 3.77. The van der Waals surface area contributed by atoms with Crippen LogP contribution >= 0.6 is 11.8 Å². The van der Waals surface area contributed by atoms with Gasteiger partial charge in [0.25, 0.3) is 0 Å². The number of fused-ring (bicyclic) bond motifs is 1. The van der Waals surface area contributed by atoms with Gasteiger partial charge in [-0.1, -0.05) is 23.9 Å². The SMILES string of the molecule is CC(O)c1cccnc1Sc1ccc2c(c1)CCC2. The Morgan fingerprint density at radius 1 is 1.21 bits per heavy atom.